The zero-order chi connectivity index (χ0) is 15.3. The highest BCUT2D eigenvalue weighted by Gasteiger charge is 2.26. The zero-order valence-corrected chi connectivity index (χ0v) is 13.2. The number of hydrogen-bond donors (Lipinski definition) is 2. The van der Waals surface area contributed by atoms with Crippen molar-refractivity contribution >= 4 is 11.7 Å². The van der Waals surface area contributed by atoms with Gasteiger partial charge in [-0.25, -0.2) is 0 Å². The van der Waals surface area contributed by atoms with Gasteiger partial charge < -0.3 is 15.5 Å². The number of carbonyl (C=O) groups excluding carboxylic acids is 1. The number of nitrogens with zero attached hydrogens (tertiary/aromatic N) is 3. The van der Waals surface area contributed by atoms with Crippen molar-refractivity contribution in [1.29, 1.82) is 0 Å². The molecule has 0 fully saturated rings. The summed E-state index contributed by atoms with van der Waals surface area (Å²) in [6.45, 7) is 7.50. The lowest BCUT2D eigenvalue weighted by molar-refractivity contribution is 0.0957. The summed E-state index contributed by atoms with van der Waals surface area (Å²) in [5.41, 5.74) is 0.406. The van der Waals surface area contributed by atoms with E-state index in [9.17, 15) is 4.79 Å². The highest BCUT2D eigenvalue weighted by atomic mass is 16.1. The van der Waals surface area contributed by atoms with E-state index in [0.717, 1.165) is 6.54 Å². The fourth-order valence-corrected chi connectivity index (χ4v) is 2.03. The van der Waals surface area contributed by atoms with Gasteiger partial charge in [-0.2, -0.15) is 0 Å². The number of amides is 1. The molecule has 1 rings (SSSR count). The first-order valence-corrected chi connectivity index (χ1v) is 6.73. The van der Waals surface area contributed by atoms with Crippen molar-refractivity contribution in [1.82, 2.24) is 20.4 Å². The molecule has 112 valence electrons. The molecular formula is C14H25N5O. The van der Waals surface area contributed by atoms with E-state index in [0.29, 0.717) is 11.5 Å². The first kappa shape index (κ1) is 16.4. The molecule has 1 amide bonds. The van der Waals surface area contributed by atoms with Gasteiger partial charge in [-0.3, -0.25) is 4.79 Å². The van der Waals surface area contributed by atoms with E-state index < -0.39 is 0 Å². The van der Waals surface area contributed by atoms with Gasteiger partial charge in [0.25, 0.3) is 5.91 Å². The Bertz CT molecular complexity index is 441. The second-order valence-corrected chi connectivity index (χ2v) is 5.98. The molecule has 0 aromatic carbocycles. The minimum Gasteiger partial charge on any atom is -0.366 e. The largest absolute Gasteiger partial charge is 0.366 e. The molecule has 0 saturated carbocycles. The molecule has 6 nitrogen and oxygen atoms in total. The molecule has 1 aromatic heterocycles. The Morgan fingerprint density at radius 3 is 2.45 bits per heavy atom. The third-order valence-corrected chi connectivity index (χ3v) is 3.38. The predicted octanol–water partition coefficient (Wildman–Crippen LogP) is 1.22. The van der Waals surface area contributed by atoms with Crippen LogP contribution < -0.4 is 10.6 Å². The van der Waals surface area contributed by atoms with Gasteiger partial charge in [0.2, 0.25) is 0 Å². The molecule has 0 radical (unpaired) electrons. The van der Waals surface area contributed by atoms with Crippen LogP contribution in [0.15, 0.2) is 12.1 Å². The Hall–Kier alpha value is -1.69. The summed E-state index contributed by atoms with van der Waals surface area (Å²) in [5, 5.41) is 13.8. The van der Waals surface area contributed by atoms with Crippen LogP contribution in [0.5, 0.6) is 0 Å². The van der Waals surface area contributed by atoms with E-state index in [1.54, 1.807) is 19.2 Å². The van der Waals surface area contributed by atoms with Crippen LogP contribution >= 0.6 is 0 Å². The van der Waals surface area contributed by atoms with Crippen molar-refractivity contribution in [3.63, 3.8) is 0 Å². The second-order valence-electron chi connectivity index (χ2n) is 5.98. The third kappa shape index (κ3) is 4.45. The van der Waals surface area contributed by atoms with Crippen LogP contribution in [0.2, 0.25) is 0 Å². The Labute approximate surface area is 121 Å². The Balaban J connectivity index is 2.71. The van der Waals surface area contributed by atoms with Crippen LogP contribution in [0.4, 0.5) is 5.82 Å². The van der Waals surface area contributed by atoms with Crippen molar-refractivity contribution in [3.05, 3.63) is 17.8 Å². The van der Waals surface area contributed by atoms with Crippen LogP contribution in [0.3, 0.4) is 0 Å². The lowest BCUT2D eigenvalue weighted by atomic mass is 9.85. The average Bonchev–Trinajstić information content (AvgIpc) is 2.37. The highest BCUT2D eigenvalue weighted by Crippen LogP contribution is 2.23. The minimum atomic E-state index is -0.231. The number of anilines is 1. The molecule has 0 aliphatic rings. The maximum atomic E-state index is 11.4. The fraction of sp³-hybridized carbons (Fsp3) is 0.643. The highest BCUT2D eigenvalue weighted by molar-refractivity contribution is 5.91. The molecule has 20 heavy (non-hydrogen) atoms. The molecule has 1 aromatic rings. The molecule has 6 heteroatoms. The number of rotatable bonds is 6. The normalized spacial score (nSPS) is 13.2. The van der Waals surface area contributed by atoms with Crippen molar-refractivity contribution in [2.24, 2.45) is 5.41 Å². The summed E-state index contributed by atoms with van der Waals surface area (Å²) in [6.07, 6.45) is 0. The molecule has 1 atom stereocenters. The summed E-state index contributed by atoms with van der Waals surface area (Å²) in [7, 11) is 5.70. The summed E-state index contributed by atoms with van der Waals surface area (Å²) in [6, 6.07) is 3.67. The zero-order valence-electron chi connectivity index (χ0n) is 13.2. The molecular weight excluding hydrogens is 254 g/mol. The Morgan fingerprint density at radius 2 is 2.00 bits per heavy atom. The maximum absolute atomic E-state index is 11.4. The van der Waals surface area contributed by atoms with Crippen LogP contribution in [-0.4, -0.2) is 54.7 Å². The van der Waals surface area contributed by atoms with Gasteiger partial charge in [-0.15, -0.1) is 10.2 Å². The molecule has 1 unspecified atom stereocenters. The summed E-state index contributed by atoms with van der Waals surface area (Å²) < 4.78 is 0. The molecule has 0 saturated heterocycles. The van der Waals surface area contributed by atoms with E-state index in [1.807, 2.05) is 0 Å². The van der Waals surface area contributed by atoms with E-state index >= 15 is 0 Å². The topological polar surface area (TPSA) is 70.2 Å². The number of nitrogens with one attached hydrogen (secondary N) is 2. The van der Waals surface area contributed by atoms with Crippen molar-refractivity contribution in [2.75, 3.05) is 33.0 Å². The minimum absolute atomic E-state index is 0.0879. The number of aromatic nitrogens is 2. The monoisotopic (exact) mass is 279 g/mol. The molecule has 2 N–H and O–H groups in total. The van der Waals surface area contributed by atoms with E-state index in [-0.39, 0.29) is 17.4 Å². The van der Waals surface area contributed by atoms with Gasteiger partial charge in [0.1, 0.15) is 5.82 Å². The lowest BCUT2D eigenvalue weighted by Gasteiger charge is -2.35. The standard InChI is InChI=1S/C14H25N5O/c1-10(14(2,3)9-19(5)6)16-12-8-7-11(17-18-12)13(20)15-4/h7-8,10H,9H2,1-6H3,(H,15,20)(H,16,18). The quantitative estimate of drug-likeness (QED) is 0.819. The molecule has 0 spiro atoms. The predicted molar refractivity (Wildman–Crippen MR) is 80.8 cm³/mol. The van der Waals surface area contributed by atoms with Gasteiger partial charge in [0.05, 0.1) is 0 Å². The SMILES string of the molecule is CNC(=O)c1ccc(NC(C)C(C)(C)CN(C)C)nn1. The number of hydrogen-bond acceptors (Lipinski definition) is 5. The first-order valence-electron chi connectivity index (χ1n) is 6.73. The lowest BCUT2D eigenvalue weighted by Crippen LogP contribution is -2.41. The summed E-state index contributed by atoms with van der Waals surface area (Å²) in [5.74, 6) is 0.446. The van der Waals surface area contributed by atoms with Crippen molar-refractivity contribution < 1.29 is 4.79 Å². The maximum Gasteiger partial charge on any atom is 0.271 e. The fourth-order valence-electron chi connectivity index (χ4n) is 2.03. The Kier molecular flexibility index (Phi) is 5.44. The van der Waals surface area contributed by atoms with Crippen LogP contribution in [0, 0.1) is 5.41 Å². The molecule has 0 aliphatic carbocycles. The summed E-state index contributed by atoms with van der Waals surface area (Å²) >= 11 is 0. The van der Waals surface area contributed by atoms with E-state index in [1.165, 1.54) is 0 Å². The van der Waals surface area contributed by atoms with Gasteiger partial charge in [-0.1, -0.05) is 13.8 Å². The van der Waals surface area contributed by atoms with Crippen LogP contribution in [0.25, 0.3) is 0 Å². The molecule has 0 bridgehead atoms. The molecule has 1 heterocycles. The third-order valence-electron chi connectivity index (χ3n) is 3.38. The first-order chi connectivity index (χ1) is 9.26. The van der Waals surface area contributed by atoms with Crippen LogP contribution in [0.1, 0.15) is 31.3 Å². The Morgan fingerprint density at radius 1 is 1.35 bits per heavy atom. The smallest absolute Gasteiger partial charge is 0.271 e. The number of carbonyl (C=O) groups is 1. The average molecular weight is 279 g/mol. The van der Waals surface area contributed by atoms with Gasteiger partial charge in [-0.05, 0) is 38.6 Å². The van der Waals surface area contributed by atoms with Crippen molar-refractivity contribution in [2.45, 2.75) is 26.8 Å². The van der Waals surface area contributed by atoms with Gasteiger partial charge in [0.15, 0.2) is 5.69 Å². The second kappa shape index (κ2) is 6.65. The van der Waals surface area contributed by atoms with Gasteiger partial charge >= 0.3 is 0 Å². The summed E-state index contributed by atoms with van der Waals surface area (Å²) in [4.78, 5) is 13.6. The van der Waals surface area contributed by atoms with E-state index in [4.69, 9.17) is 0 Å². The van der Waals surface area contributed by atoms with Crippen molar-refractivity contribution in [3.8, 4) is 0 Å². The van der Waals surface area contributed by atoms with E-state index in [2.05, 4.69) is 60.6 Å². The molecule has 0 aliphatic heterocycles. The van der Waals surface area contributed by atoms with Gasteiger partial charge in [0, 0.05) is 19.6 Å². The van der Waals surface area contributed by atoms with Crippen LogP contribution in [-0.2, 0) is 0 Å².